The fourth-order valence-corrected chi connectivity index (χ4v) is 8.92. The number of rotatable bonds is 3. The maximum atomic E-state index is 13.6. The van der Waals surface area contributed by atoms with Gasteiger partial charge in [0.2, 0.25) is 5.91 Å². The van der Waals surface area contributed by atoms with Gasteiger partial charge in [-0.3, -0.25) is 4.79 Å². The molecule has 2 saturated carbocycles. The molecule has 1 amide bonds. The van der Waals surface area contributed by atoms with Gasteiger partial charge in [-0.05, 0) is 97.5 Å². The Labute approximate surface area is 212 Å². The van der Waals surface area contributed by atoms with Crippen molar-refractivity contribution in [3.63, 3.8) is 0 Å². The number of carbonyl (C=O) groups excluding carboxylic acids is 1. The smallest absolute Gasteiger partial charge is 0.381 e. The summed E-state index contributed by atoms with van der Waals surface area (Å²) < 4.78 is 66.0. The first-order valence-electron chi connectivity index (χ1n) is 13.5. The molecule has 1 heterocycles. The number of nitrogens with zero attached hydrogens (tertiary/aromatic N) is 1. The average molecular weight is 530 g/mol. The van der Waals surface area contributed by atoms with Crippen LogP contribution >= 0.6 is 0 Å². The Morgan fingerprint density at radius 3 is 2.42 bits per heavy atom. The molecule has 0 N–H and O–H groups in total. The van der Waals surface area contributed by atoms with Crippen LogP contribution in [0.5, 0.6) is 0 Å². The normalized spacial score (nSPS) is 39.4. The minimum absolute atomic E-state index is 0.0113. The highest BCUT2D eigenvalue weighted by atomic mass is 32.2. The van der Waals surface area contributed by atoms with E-state index in [1.54, 1.807) is 0 Å². The summed E-state index contributed by atoms with van der Waals surface area (Å²) in [5, 5.41) is 0. The fourth-order valence-electron chi connectivity index (χ4n) is 8.41. The van der Waals surface area contributed by atoms with Gasteiger partial charge in [0.15, 0.2) is 0 Å². The van der Waals surface area contributed by atoms with Crippen LogP contribution in [0.4, 0.5) is 13.2 Å². The maximum Gasteiger partial charge on any atom is 0.534 e. The Balaban J connectivity index is 1.35. The lowest BCUT2D eigenvalue weighted by Gasteiger charge is -2.57. The van der Waals surface area contributed by atoms with Gasteiger partial charge in [0.1, 0.15) is 5.76 Å². The Morgan fingerprint density at radius 2 is 1.75 bits per heavy atom. The zero-order valence-corrected chi connectivity index (χ0v) is 22.3. The lowest BCUT2D eigenvalue weighted by atomic mass is 9.48. The Bertz CT molecular complexity index is 1080. The summed E-state index contributed by atoms with van der Waals surface area (Å²) in [4.78, 5) is 15.7. The van der Waals surface area contributed by atoms with E-state index >= 15 is 0 Å². The molecule has 0 radical (unpaired) electrons. The lowest BCUT2D eigenvalue weighted by molar-refractivity contribution is -0.143. The Kier molecular flexibility index (Phi) is 6.36. The van der Waals surface area contributed by atoms with Crippen LogP contribution in [0.25, 0.3) is 0 Å². The molecule has 0 aromatic carbocycles. The second kappa shape index (κ2) is 8.77. The van der Waals surface area contributed by atoms with Crippen molar-refractivity contribution in [2.24, 2.45) is 40.4 Å². The minimum Gasteiger partial charge on any atom is -0.381 e. The molecule has 5 nitrogen and oxygen atoms in total. The van der Waals surface area contributed by atoms with E-state index in [-0.39, 0.29) is 28.9 Å². The third kappa shape index (κ3) is 4.11. The van der Waals surface area contributed by atoms with Crippen molar-refractivity contribution in [3.8, 4) is 0 Å². The van der Waals surface area contributed by atoms with Gasteiger partial charge >= 0.3 is 15.6 Å². The summed E-state index contributed by atoms with van der Waals surface area (Å²) in [5.74, 6) is 2.24. The van der Waals surface area contributed by atoms with Crippen molar-refractivity contribution < 1.29 is 30.6 Å². The predicted molar refractivity (Wildman–Crippen MR) is 130 cm³/mol. The number of piperidine rings is 1. The zero-order valence-electron chi connectivity index (χ0n) is 21.4. The van der Waals surface area contributed by atoms with Crippen molar-refractivity contribution in [2.75, 3.05) is 13.1 Å². The molecule has 1 saturated heterocycles. The average Bonchev–Trinajstić information content (AvgIpc) is 3.15. The Hall–Kier alpha value is -1.51. The number of alkyl halides is 3. The van der Waals surface area contributed by atoms with Crippen LogP contribution in [0.1, 0.15) is 78.6 Å². The summed E-state index contributed by atoms with van der Waals surface area (Å²) >= 11 is 0. The first kappa shape index (κ1) is 26.1. The van der Waals surface area contributed by atoms with E-state index in [1.165, 1.54) is 6.08 Å². The molecule has 0 aromatic rings. The van der Waals surface area contributed by atoms with Crippen LogP contribution in [0.2, 0.25) is 0 Å². The SMILES string of the molecule is CC1CCN(C(=O)[C@H]2CC[C@H]3[C@@H]4CC=C5C=C(OS(=O)(=O)C(F)(F)F)CC[C@]5(C)[C@H]4CC[C@]23C)CC1. The van der Waals surface area contributed by atoms with Gasteiger partial charge in [-0.25, -0.2) is 0 Å². The summed E-state index contributed by atoms with van der Waals surface area (Å²) in [6, 6.07) is 0. The van der Waals surface area contributed by atoms with E-state index in [0.29, 0.717) is 36.0 Å². The van der Waals surface area contributed by atoms with E-state index in [4.69, 9.17) is 0 Å². The van der Waals surface area contributed by atoms with E-state index in [2.05, 4.69) is 35.9 Å². The molecule has 0 unspecified atom stereocenters. The number of likely N-dealkylation sites (tertiary alicyclic amines) is 1. The molecule has 1 aliphatic heterocycles. The van der Waals surface area contributed by atoms with Gasteiger partial charge in [0.05, 0.1) is 0 Å². The highest BCUT2D eigenvalue weighted by Crippen LogP contribution is 2.66. The molecule has 0 bridgehead atoms. The largest absolute Gasteiger partial charge is 0.534 e. The number of hydrogen-bond acceptors (Lipinski definition) is 4. The number of carbonyl (C=O) groups is 1. The van der Waals surface area contributed by atoms with Gasteiger partial charge < -0.3 is 9.08 Å². The van der Waals surface area contributed by atoms with Crippen LogP contribution < -0.4 is 0 Å². The molecule has 5 rings (SSSR count). The quantitative estimate of drug-likeness (QED) is 0.323. The van der Waals surface area contributed by atoms with Crippen molar-refractivity contribution in [1.29, 1.82) is 0 Å². The number of fused-ring (bicyclic) bond motifs is 5. The maximum absolute atomic E-state index is 13.6. The first-order valence-corrected chi connectivity index (χ1v) is 14.9. The van der Waals surface area contributed by atoms with Crippen molar-refractivity contribution >= 4 is 16.0 Å². The van der Waals surface area contributed by atoms with Crippen molar-refractivity contribution in [2.45, 2.75) is 84.1 Å². The number of hydrogen-bond donors (Lipinski definition) is 0. The second-order valence-electron chi connectivity index (χ2n) is 12.5. The van der Waals surface area contributed by atoms with Gasteiger partial charge in [-0.15, -0.1) is 0 Å². The summed E-state index contributed by atoms with van der Waals surface area (Å²) in [5.41, 5.74) is -4.76. The van der Waals surface area contributed by atoms with Crippen LogP contribution in [-0.2, 0) is 19.1 Å². The molecule has 9 heteroatoms. The van der Waals surface area contributed by atoms with Crippen LogP contribution in [-0.4, -0.2) is 37.8 Å². The van der Waals surface area contributed by atoms with Gasteiger partial charge in [-0.1, -0.05) is 26.8 Å². The number of amides is 1. The zero-order chi connectivity index (χ0) is 26.1. The highest BCUT2D eigenvalue weighted by molar-refractivity contribution is 7.87. The lowest BCUT2D eigenvalue weighted by Crippen LogP contribution is -2.52. The standard InChI is InChI=1S/C27H38F3NO4S/c1-17-10-14-31(15-11-17)24(32)23-7-6-21-20-5-4-18-16-19(35-36(33,34)27(28,29)30)8-12-25(18,2)22(20)9-13-26(21,23)3/h4,16-17,20-23H,5-15H2,1-3H3/t20-,21-,22-,23+,25-,26-/m0/s1. The molecular weight excluding hydrogens is 491 g/mol. The van der Waals surface area contributed by atoms with E-state index < -0.39 is 15.6 Å². The highest BCUT2D eigenvalue weighted by Gasteiger charge is 2.60. The van der Waals surface area contributed by atoms with Crippen LogP contribution in [0, 0.1) is 40.4 Å². The fraction of sp³-hybridized carbons (Fsp3) is 0.815. The van der Waals surface area contributed by atoms with Gasteiger partial charge in [0.25, 0.3) is 0 Å². The predicted octanol–water partition coefficient (Wildman–Crippen LogP) is 6.18. The molecular formula is C27H38F3NO4S. The topological polar surface area (TPSA) is 63.7 Å². The molecule has 4 aliphatic carbocycles. The molecule has 5 aliphatic rings. The molecule has 36 heavy (non-hydrogen) atoms. The van der Waals surface area contributed by atoms with Crippen molar-refractivity contribution in [3.05, 3.63) is 23.5 Å². The molecule has 0 spiro atoms. The third-order valence-corrected chi connectivity index (χ3v) is 11.6. The monoisotopic (exact) mass is 529 g/mol. The minimum atomic E-state index is -5.66. The Morgan fingerprint density at radius 1 is 1.06 bits per heavy atom. The van der Waals surface area contributed by atoms with Gasteiger partial charge in [-0.2, -0.15) is 21.6 Å². The van der Waals surface area contributed by atoms with E-state index in [9.17, 15) is 26.4 Å². The second-order valence-corrected chi connectivity index (χ2v) is 14.0. The summed E-state index contributed by atoms with van der Waals surface area (Å²) in [6.45, 7) is 8.50. The molecule has 3 fully saturated rings. The first-order chi connectivity index (χ1) is 16.8. The van der Waals surface area contributed by atoms with Crippen LogP contribution in [0.3, 0.4) is 0 Å². The summed E-state index contributed by atoms with van der Waals surface area (Å²) in [7, 11) is -5.66. The number of halogens is 3. The summed E-state index contributed by atoms with van der Waals surface area (Å²) in [6.07, 6.45) is 11.3. The van der Waals surface area contributed by atoms with Gasteiger partial charge in [0, 0.05) is 25.4 Å². The van der Waals surface area contributed by atoms with E-state index in [0.717, 1.165) is 63.6 Å². The van der Waals surface area contributed by atoms with E-state index in [1.807, 2.05) is 0 Å². The van der Waals surface area contributed by atoms with Crippen molar-refractivity contribution in [1.82, 2.24) is 4.90 Å². The van der Waals surface area contributed by atoms with Crippen LogP contribution in [0.15, 0.2) is 23.5 Å². The number of allylic oxidation sites excluding steroid dienone is 4. The molecule has 0 aromatic heterocycles. The third-order valence-electron chi connectivity index (χ3n) is 10.6. The molecule has 202 valence electrons. The molecule has 6 atom stereocenters.